The van der Waals surface area contributed by atoms with Crippen molar-refractivity contribution in [1.29, 1.82) is 5.41 Å². The largest absolute Gasteiger partial charge is 0.368 e. The Kier molecular flexibility index (Phi) is 2.17. The third-order valence-electron chi connectivity index (χ3n) is 1.73. The van der Waals surface area contributed by atoms with Crippen molar-refractivity contribution in [3.63, 3.8) is 0 Å². The number of nitrogens with one attached hydrogen (secondary N) is 1. The van der Waals surface area contributed by atoms with E-state index in [9.17, 15) is 0 Å². The smallest absolute Gasteiger partial charge is 0.213 e. The van der Waals surface area contributed by atoms with Gasteiger partial charge in [-0.25, -0.2) is 4.68 Å². The summed E-state index contributed by atoms with van der Waals surface area (Å²) >= 11 is 0. The molecule has 0 amide bonds. The highest BCUT2D eigenvalue weighted by Crippen LogP contribution is 2.15. The Balaban J connectivity index is 3.09. The summed E-state index contributed by atoms with van der Waals surface area (Å²) in [6.45, 7) is 6.11. The molecule has 4 nitrogen and oxygen atoms in total. The van der Waals surface area contributed by atoms with Crippen molar-refractivity contribution in [3.8, 4) is 0 Å². The van der Waals surface area contributed by atoms with Gasteiger partial charge >= 0.3 is 0 Å². The fourth-order valence-corrected chi connectivity index (χ4v) is 1.17. The molecule has 1 aromatic heterocycles. The van der Waals surface area contributed by atoms with Crippen molar-refractivity contribution in [1.82, 2.24) is 9.78 Å². The summed E-state index contributed by atoms with van der Waals surface area (Å²) in [4.78, 5) is 0. The number of aryl methyl sites for hydroxylation is 1. The second kappa shape index (κ2) is 2.97. The molecule has 66 valence electrons. The van der Waals surface area contributed by atoms with E-state index >= 15 is 0 Å². The van der Waals surface area contributed by atoms with Crippen LogP contribution in [0.15, 0.2) is 6.20 Å². The van der Waals surface area contributed by atoms with Gasteiger partial charge in [0.05, 0.1) is 5.69 Å². The Morgan fingerprint density at radius 2 is 2.25 bits per heavy atom. The first-order valence-corrected chi connectivity index (χ1v) is 3.93. The molecule has 0 fully saturated rings. The van der Waals surface area contributed by atoms with Crippen molar-refractivity contribution < 1.29 is 0 Å². The molecule has 0 bridgehead atoms. The minimum absolute atomic E-state index is 0.0370. The summed E-state index contributed by atoms with van der Waals surface area (Å²) in [7, 11) is 0. The Hall–Kier alpha value is -1.32. The number of rotatable bonds is 1. The maximum absolute atomic E-state index is 7.16. The lowest BCUT2D eigenvalue weighted by molar-refractivity contribution is 0.776. The van der Waals surface area contributed by atoms with Gasteiger partial charge in [0.1, 0.15) is 0 Å². The van der Waals surface area contributed by atoms with Crippen LogP contribution in [-0.4, -0.2) is 15.7 Å². The molecule has 0 spiro atoms. The van der Waals surface area contributed by atoms with E-state index in [1.165, 1.54) is 4.68 Å². The molecule has 1 aromatic rings. The third kappa shape index (κ3) is 1.47. The van der Waals surface area contributed by atoms with Crippen LogP contribution in [0.25, 0.3) is 0 Å². The normalized spacial score (nSPS) is 10.7. The Morgan fingerprint density at radius 1 is 1.67 bits per heavy atom. The Morgan fingerprint density at radius 3 is 2.50 bits per heavy atom. The minimum atomic E-state index is -0.0370. The van der Waals surface area contributed by atoms with Gasteiger partial charge in [-0.2, -0.15) is 5.10 Å². The lowest BCUT2D eigenvalue weighted by Gasteiger charge is -1.99. The van der Waals surface area contributed by atoms with Crippen molar-refractivity contribution in [2.45, 2.75) is 26.7 Å². The van der Waals surface area contributed by atoms with Gasteiger partial charge in [-0.1, -0.05) is 13.8 Å². The summed E-state index contributed by atoms with van der Waals surface area (Å²) < 4.78 is 1.39. The fraction of sp³-hybridized carbons (Fsp3) is 0.500. The highest BCUT2D eigenvalue weighted by molar-refractivity contribution is 5.76. The molecule has 4 heteroatoms. The Bertz CT molecular complexity index is 298. The zero-order valence-electron chi connectivity index (χ0n) is 7.63. The van der Waals surface area contributed by atoms with E-state index in [0.717, 1.165) is 11.3 Å². The third-order valence-corrected chi connectivity index (χ3v) is 1.73. The van der Waals surface area contributed by atoms with Crippen molar-refractivity contribution >= 4 is 5.96 Å². The number of hydrogen-bond donors (Lipinski definition) is 2. The summed E-state index contributed by atoms with van der Waals surface area (Å²) in [5.74, 6) is 0.343. The van der Waals surface area contributed by atoms with E-state index in [1.54, 1.807) is 6.20 Å². The molecular formula is C8H14N4. The molecule has 0 saturated heterocycles. The van der Waals surface area contributed by atoms with Crippen LogP contribution in [0.1, 0.15) is 31.0 Å². The van der Waals surface area contributed by atoms with Gasteiger partial charge in [0, 0.05) is 6.20 Å². The van der Waals surface area contributed by atoms with E-state index in [0.29, 0.717) is 5.92 Å². The summed E-state index contributed by atoms with van der Waals surface area (Å²) in [6.07, 6.45) is 1.78. The van der Waals surface area contributed by atoms with E-state index in [-0.39, 0.29) is 5.96 Å². The Labute approximate surface area is 71.9 Å². The molecular weight excluding hydrogens is 152 g/mol. The second-order valence-corrected chi connectivity index (χ2v) is 3.18. The van der Waals surface area contributed by atoms with E-state index < -0.39 is 0 Å². The zero-order valence-corrected chi connectivity index (χ0v) is 7.63. The number of nitrogen functional groups attached to an aromatic ring is 1. The van der Waals surface area contributed by atoms with Crippen molar-refractivity contribution in [2.75, 3.05) is 0 Å². The number of hydrogen-bond acceptors (Lipinski definition) is 2. The SMILES string of the molecule is Cc1cn(C(=N)N)nc1C(C)C. The van der Waals surface area contributed by atoms with Crippen molar-refractivity contribution in [3.05, 3.63) is 17.5 Å². The van der Waals surface area contributed by atoms with Crippen molar-refractivity contribution in [2.24, 2.45) is 5.73 Å². The first kappa shape index (κ1) is 8.77. The van der Waals surface area contributed by atoms with Gasteiger partial charge in [0.15, 0.2) is 0 Å². The van der Waals surface area contributed by atoms with Crippen LogP contribution < -0.4 is 5.73 Å². The molecule has 0 aliphatic heterocycles. The second-order valence-electron chi connectivity index (χ2n) is 3.18. The van der Waals surface area contributed by atoms with Gasteiger partial charge in [0.25, 0.3) is 0 Å². The predicted octanol–water partition coefficient (Wildman–Crippen LogP) is 1.06. The van der Waals surface area contributed by atoms with Crippen LogP contribution in [0.5, 0.6) is 0 Å². The van der Waals surface area contributed by atoms with Crippen LogP contribution in [0.3, 0.4) is 0 Å². The molecule has 0 radical (unpaired) electrons. The van der Waals surface area contributed by atoms with Gasteiger partial charge in [0.2, 0.25) is 5.96 Å². The highest BCUT2D eigenvalue weighted by atomic mass is 15.3. The molecule has 3 N–H and O–H groups in total. The van der Waals surface area contributed by atoms with Crippen LogP contribution >= 0.6 is 0 Å². The lowest BCUT2D eigenvalue weighted by Crippen LogP contribution is -2.21. The molecule has 0 aromatic carbocycles. The quantitative estimate of drug-likeness (QED) is 0.483. The molecule has 0 aliphatic carbocycles. The van der Waals surface area contributed by atoms with Crippen LogP contribution in [-0.2, 0) is 0 Å². The fourth-order valence-electron chi connectivity index (χ4n) is 1.17. The van der Waals surface area contributed by atoms with Crippen LogP contribution in [0.2, 0.25) is 0 Å². The van der Waals surface area contributed by atoms with Crippen LogP contribution in [0.4, 0.5) is 0 Å². The van der Waals surface area contributed by atoms with Gasteiger partial charge in [-0.05, 0) is 18.4 Å². The number of nitrogens with zero attached hydrogens (tertiary/aromatic N) is 2. The first-order chi connectivity index (χ1) is 5.52. The predicted molar refractivity (Wildman–Crippen MR) is 48.4 cm³/mol. The molecule has 12 heavy (non-hydrogen) atoms. The zero-order chi connectivity index (χ0) is 9.30. The van der Waals surface area contributed by atoms with E-state index in [1.807, 2.05) is 6.92 Å². The highest BCUT2D eigenvalue weighted by Gasteiger charge is 2.09. The van der Waals surface area contributed by atoms with Gasteiger partial charge < -0.3 is 5.73 Å². The molecule has 1 heterocycles. The summed E-state index contributed by atoms with van der Waals surface area (Å²) in [5, 5.41) is 11.3. The first-order valence-electron chi connectivity index (χ1n) is 3.93. The molecule has 0 unspecified atom stereocenters. The number of nitrogens with two attached hydrogens (primary N) is 1. The minimum Gasteiger partial charge on any atom is -0.368 e. The average molecular weight is 166 g/mol. The number of aromatic nitrogens is 2. The molecule has 0 aliphatic rings. The monoisotopic (exact) mass is 166 g/mol. The molecule has 0 saturated carbocycles. The maximum Gasteiger partial charge on any atom is 0.213 e. The topological polar surface area (TPSA) is 67.7 Å². The van der Waals surface area contributed by atoms with Gasteiger partial charge in [-0.3, -0.25) is 5.41 Å². The molecule has 0 atom stereocenters. The van der Waals surface area contributed by atoms with Gasteiger partial charge in [-0.15, -0.1) is 0 Å². The standard InChI is InChI=1S/C8H14N4/c1-5(2)7-6(3)4-12(11-7)8(9)10/h4-5H,1-3H3,(H3,9,10). The molecule has 1 rings (SSSR count). The summed E-state index contributed by atoms with van der Waals surface area (Å²) in [5.41, 5.74) is 7.37. The lowest BCUT2D eigenvalue weighted by atomic mass is 10.1. The van der Waals surface area contributed by atoms with Crippen LogP contribution in [0, 0.1) is 12.3 Å². The van der Waals surface area contributed by atoms with E-state index in [2.05, 4.69) is 18.9 Å². The average Bonchev–Trinajstić information content (AvgIpc) is 2.30. The summed E-state index contributed by atoms with van der Waals surface area (Å²) in [6, 6.07) is 0. The van der Waals surface area contributed by atoms with E-state index in [4.69, 9.17) is 11.1 Å². The maximum atomic E-state index is 7.16.